The molecule has 1 N–H and O–H groups in total. The summed E-state index contributed by atoms with van der Waals surface area (Å²) in [6, 6.07) is 17.3. The van der Waals surface area contributed by atoms with E-state index in [4.69, 9.17) is 4.74 Å². The first-order valence-corrected chi connectivity index (χ1v) is 7.88. The maximum atomic E-state index is 12.3. The fraction of sp³-hybridized carbons (Fsp3) is 0.316. The van der Waals surface area contributed by atoms with Crippen molar-refractivity contribution in [3.63, 3.8) is 0 Å². The lowest BCUT2D eigenvalue weighted by Gasteiger charge is -2.24. The van der Waals surface area contributed by atoms with E-state index >= 15 is 0 Å². The fourth-order valence-electron chi connectivity index (χ4n) is 2.25. The van der Waals surface area contributed by atoms with Gasteiger partial charge in [-0.05, 0) is 50.7 Å². The Morgan fingerprint density at radius 1 is 1.13 bits per heavy atom. The summed E-state index contributed by atoms with van der Waals surface area (Å²) in [6.45, 7) is 5.24. The Kier molecular flexibility index (Phi) is 6.18. The van der Waals surface area contributed by atoms with Gasteiger partial charge >= 0.3 is 0 Å². The maximum Gasteiger partial charge on any atom is 0.241 e. The molecular formula is C19H24N2O2. The number of carbonyl (C=O) groups excluding carboxylic acids is 1. The van der Waals surface area contributed by atoms with Gasteiger partial charge in [0.2, 0.25) is 5.91 Å². The van der Waals surface area contributed by atoms with Crippen LogP contribution in [0.3, 0.4) is 0 Å². The van der Waals surface area contributed by atoms with Crippen LogP contribution >= 0.6 is 0 Å². The third kappa shape index (κ3) is 5.11. The summed E-state index contributed by atoms with van der Waals surface area (Å²) in [7, 11) is 1.95. The Morgan fingerprint density at radius 2 is 1.78 bits per heavy atom. The number of anilines is 1. The molecule has 0 aliphatic rings. The van der Waals surface area contributed by atoms with Crippen molar-refractivity contribution in [2.24, 2.45) is 0 Å². The molecule has 1 atom stereocenters. The number of para-hydroxylation sites is 1. The van der Waals surface area contributed by atoms with Crippen LogP contribution in [0.5, 0.6) is 5.75 Å². The molecule has 2 rings (SSSR count). The van der Waals surface area contributed by atoms with Gasteiger partial charge in [-0.1, -0.05) is 30.3 Å². The van der Waals surface area contributed by atoms with Gasteiger partial charge in [0.1, 0.15) is 5.75 Å². The predicted octanol–water partition coefficient (Wildman–Crippen LogP) is 3.54. The molecule has 4 heteroatoms. The van der Waals surface area contributed by atoms with Gasteiger partial charge in [0.15, 0.2) is 0 Å². The minimum Gasteiger partial charge on any atom is -0.494 e. The molecule has 0 radical (unpaired) electrons. The lowest BCUT2D eigenvalue weighted by molar-refractivity contribution is -0.120. The number of hydrogen-bond donors (Lipinski definition) is 1. The molecule has 0 heterocycles. The Hall–Kier alpha value is -2.33. The summed E-state index contributed by atoms with van der Waals surface area (Å²) in [5.41, 5.74) is 1.97. The van der Waals surface area contributed by atoms with Crippen molar-refractivity contribution in [3.05, 3.63) is 60.2 Å². The molecule has 0 fully saturated rings. The van der Waals surface area contributed by atoms with Crippen LogP contribution in [0.2, 0.25) is 0 Å². The molecule has 0 aliphatic carbocycles. The zero-order valence-corrected chi connectivity index (χ0v) is 14.0. The smallest absolute Gasteiger partial charge is 0.241 e. The summed E-state index contributed by atoms with van der Waals surface area (Å²) in [4.78, 5) is 14.3. The fourth-order valence-corrected chi connectivity index (χ4v) is 2.25. The topological polar surface area (TPSA) is 41.6 Å². The van der Waals surface area contributed by atoms with Crippen LogP contribution in [-0.4, -0.2) is 30.5 Å². The van der Waals surface area contributed by atoms with Gasteiger partial charge in [0.05, 0.1) is 12.6 Å². The SMILES string of the molecule is CCOc1ccc(CN(C)[C@H](C)C(=O)Nc2ccccc2)cc1. The average Bonchev–Trinajstić information content (AvgIpc) is 2.57. The van der Waals surface area contributed by atoms with Crippen molar-refractivity contribution in [1.29, 1.82) is 0 Å². The lowest BCUT2D eigenvalue weighted by Crippen LogP contribution is -2.39. The third-order valence-electron chi connectivity index (χ3n) is 3.75. The molecule has 0 aliphatic heterocycles. The summed E-state index contributed by atoms with van der Waals surface area (Å²) in [6.07, 6.45) is 0. The van der Waals surface area contributed by atoms with Gasteiger partial charge in [0, 0.05) is 12.2 Å². The zero-order chi connectivity index (χ0) is 16.7. The van der Waals surface area contributed by atoms with E-state index in [0.29, 0.717) is 13.2 Å². The highest BCUT2D eigenvalue weighted by Crippen LogP contribution is 2.15. The molecule has 0 spiro atoms. The molecular weight excluding hydrogens is 288 g/mol. The lowest BCUT2D eigenvalue weighted by atomic mass is 10.1. The highest BCUT2D eigenvalue weighted by Gasteiger charge is 2.18. The van der Waals surface area contributed by atoms with Crippen molar-refractivity contribution < 1.29 is 9.53 Å². The van der Waals surface area contributed by atoms with Crippen LogP contribution < -0.4 is 10.1 Å². The van der Waals surface area contributed by atoms with Crippen molar-refractivity contribution >= 4 is 11.6 Å². The van der Waals surface area contributed by atoms with E-state index in [-0.39, 0.29) is 11.9 Å². The summed E-state index contributed by atoms with van der Waals surface area (Å²) >= 11 is 0. The van der Waals surface area contributed by atoms with Crippen LogP contribution in [0, 0.1) is 0 Å². The minimum atomic E-state index is -0.221. The zero-order valence-electron chi connectivity index (χ0n) is 14.0. The van der Waals surface area contributed by atoms with Gasteiger partial charge in [-0.15, -0.1) is 0 Å². The van der Waals surface area contributed by atoms with Gasteiger partial charge < -0.3 is 10.1 Å². The van der Waals surface area contributed by atoms with E-state index in [2.05, 4.69) is 5.32 Å². The van der Waals surface area contributed by atoms with Crippen LogP contribution in [0.15, 0.2) is 54.6 Å². The van der Waals surface area contributed by atoms with Crippen molar-refractivity contribution in [2.75, 3.05) is 19.0 Å². The minimum absolute atomic E-state index is 0.00960. The first-order chi connectivity index (χ1) is 11.1. The first kappa shape index (κ1) is 17.0. The standard InChI is InChI=1S/C19H24N2O2/c1-4-23-18-12-10-16(11-13-18)14-21(3)15(2)19(22)20-17-8-6-5-7-9-17/h5-13,15H,4,14H2,1-3H3,(H,20,22)/t15-/m1/s1. The van der Waals surface area contributed by atoms with Crippen molar-refractivity contribution in [1.82, 2.24) is 4.90 Å². The number of amides is 1. The van der Waals surface area contributed by atoms with Crippen molar-refractivity contribution in [2.45, 2.75) is 26.4 Å². The average molecular weight is 312 g/mol. The van der Waals surface area contributed by atoms with Crippen LogP contribution in [-0.2, 0) is 11.3 Å². The molecule has 0 aromatic heterocycles. The number of carbonyl (C=O) groups is 1. The molecule has 23 heavy (non-hydrogen) atoms. The number of ether oxygens (including phenoxy) is 1. The van der Waals surface area contributed by atoms with Gasteiger partial charge in [-0.2, -0.15) is 0 Å². The van der Waals surface area contributed by atoms with E-state index in [1.165, 1.54) is 0 Å². The van der Waals surface area contributed by atoms with Crippen LogP contribution in [0.1, 0.15) is 19.4 Å². The molecule has 2 aromatic rings. The number of rotatable bonds is 7. The number of hydrogen-bond acceptors (Lipinski definition) is 3. The van der Waals surface area contributed by atoms with Gasteiger partial charge in [-0.3, -0.25) is 9.69 Å². The largest absolute Gasteiger partial charge is 0.494 e. The Labute approximate surface area is 138 Å². The van der Waals surface area contributed by atoms with E-state index in [1.54, 1.807) is 0 Å². The molecule has 1 amide bonds. The third-order valence-corrected chi connectivity index (χ3v) is 3.75. The Morgan fingerprint density at radius 3 is 2.39 bits per heavy atom. The highest BCUT2D eigenvalue weighted by molar-refractivity contribution is 5.94. The van der Waals surface area contributed by atoms with E-state index in [0.717, 1.165) is 17.0 Å². The predicted molar refractivity (Wildman–Crippen MR) is 93.6 cm³/mol. The molecule has 4 nitrogen and oxygen atoms in total. The molecule has 122 valence electrons. The summed E-state index contributed by atoms with van der Waals surface area (Å²) in [5, 5.41) is 2.93. The Balaban J connectivity index is 1.91. The van der Waals surface area contributed by atoms with Crippen molar-refractivity contribution in [3.8, 4) is 5.75 Å². The summed E-state index contributed by atoms with van der Waals surface area (Å²) < 4.78 is 5.44. The second-order valence-corrected chi connectivity index (χ2v) is 5.52. The van der Waals surface area contributed by atoms with E-state index in [9.17, 15) is 4.79 Å². The normalized spacial score (nSPS) is 12.0. The van der Waals surface area contributed by atoms with Crippen LogP contribution in [0.4, 0.5) is 5.69 Å². The number of nitrogens with one attached hydrogen (secondary N) is 1. The van der Waals surface area contributed by atoms with Gasteiger partial charge in [0.25, 0.3) is 0 Å². The summed E-state index contributed by atoms with van der Waals surface area (Å²) in [5.74, 6) is 0.860. The molecule has 0 saturated heterocycles. The number of benzene rings is 2. The first-order valence-electron chi connectivity index (χ1n) is 7.88. The van der Waals surface area contributed by atoms with Gasteiger partial charge in [-0.25, -0.2) is 0 Å². The second kappa shape index (κ2) is 8.34. The molecule has 0 bridgehead atoms. The van der Waals surface area contributed by atoms with Crippen LogP contribution in [0.25, 0.3) is 0 Å². The maximum absolute atomic E-state index is 12.3. The quantitative estimate of drug-likeness (QED) is 0.850. The number of likely N-dealkylation sites (N-methyl/N-ethyl adjacent to an activating group) is 1. The molecule has 2 aromatic carbocycles. The molecule has 0 saturated carbocycles. The monoisotopic (exact) mass is 312 g/mol. The number of nitrogens with zero attached hydrogens (tertiary/aromatic N) is 1. The highest BCUT2D eigenvalue weighted by atomic mass is 16.5. The van der Waals surface area contributed by atoms with E-state index in [1.807, 2.05) is 80.4 Å². The Bertz CT molecular complexity index is 611. The van der Waals surface area contributed by atoms with E-state index < -0.39 is 0 Å². The second-order valence-electron chi connectivity index (χ2n) is 5.52. The molecule has 0 unspecified atom stereocenters.